The molecule has 5 heteroatoms. The molecule has 4 nitrogen and oxygen atoms in total. The van der Waals surface area contributed by atoms with E-state index in [2.05, 4.69) is 57.1 Å². The first-order valence-electron chi connectivity index (χ1n) is 7.79. The summed E-state index contributed by atoms with van der Waals surface area (Å²) in [4.78, 5) is 16.7. The van der Waals surface area contributed by atoms with E-state index in [9.17, 15) is 4.79 Å². The normalized spacial score (nSPS) is 15.4. The molecule has 3 rings (SSSR count). The molecule has 1 aliphatic heterocycles. The van der Waals surface area contributed by atoms with E-state index in [-0.39, 0.29) is 6.03 Å². The van der Waals surface area contributed by atoms with Crippen LogP contribution in [0.2, 0.25) is 0 Å². The number of hydrogen-bond donors (Lipinski definition) is 1. The van der Waals surface area contributed by atoms with Gasteiger partial charge in [0.2, 0.25) is 0 Å². The van der Waals surface area contributed by atoms with Gasteiger partial charge in [0.1, 0.15) is 0 Å². The molecule has 120 valence electrons. The van der Waals surface area contributed by atoms with Gasteiger partial charge in [-0.3, -0.25) is 4.90 Å². The third-order valence-corrected chi connectivity index (χ3v) is 4.96. The summed E-state index contributed by atoms with van der Waals surface area (Å²) in [7, 11) is 0. The molecule has 23 heavy (non-hydrogen) atoms. The number of amides is 2. The highest BCUT2D eigenvalue weighted by Crippen LogP contribution is 2.18. The maximum Gasteiger partial charge on any atom is 0.321 e. The van der Waals surface area contributed by atoms with Gasteiger partial charge in [-0.25, -0.2) is 4.79 Å². The minimum Gasteiger partial charge on any atom is -0.322 e. The van der Waals surface area contributed by atoms with Crippen molar-refractivity contribution in [2.75, 3.05) is 31.5 Å². The van der Waals surface area contributed by atoms with Crippen LogP contribution in [-0.4, -0.2) is 42.0 Å². The van der Waals surface area contributed by atoms with E-state index in [0.29, 0.717) is 0 Å². The summed E-state index contributed by atoms with van der Waals surface area (Å²) in [6, 6.07) is 18.3. The second kappa shape index (κ2) is 7.79. The van der Waals surface area contributed by atoms with Crippen molar-refractivity contribution in [2.24, 2.45) is 0 Å². The summed E-state index contributed by atoms with van der Waals surface area (Å²) in [6.45, 7) is 4.30. The van der Waals surface area contributed by atoms with Crippen LogP contribution < -0.4 is 5.32 Å². The van der Waals surface area contributed by atoms with Gasteiger partial charge >= 0.3 is 6.03 Å². The van der Waals surface area contributed by atoms with Gasteiger partial charge in [0, 0.05) is 36.3 Å². The number of urea groups is 1. The quantitative estimate of drug-likeness (QED) is 0.769. The van der Waals surface area contributed by atoms with E-state index in [4.69, 9.17) is 0 Å². The standard InChI is InChI=1S/C18H20IN3O/c19-16-8-4-5-9-17(16)20-18(23)22-12-10-21(11-13-22)14-15-6-2-1-3-7-15/h1-9H,10-14H2,(H,20,23). The lowest BCUT2D eigenvalue weighted by molar-refractivity contribution is 0.143. The molecule has 0 saturated carbocycles. The molecule has 1 fully saturated rings. The van der Waals surface area contributed by atoms with Crippen molar-refractivity contribution in [3.8, 4) is 0 Å². The number of rotatable bonds is 3. The predicted octanol–water partition coefficient (Wildman–Crippen LogP) is 3.64. The summed E-state index contributed by atoms with van der Waals surface area (Å²) in [5.74, 6) is 0. The second-order valence-electron chi connectivity index (χ2n) is 5.66. The fourth-order valence-corrected chi connectivity index (χ4v) is 3.23. The SMILES string of the molecule is O=C(Nc1ccccc1I)N1CCN(Cc2ccccc2)CC1. The van der Waals surface area contributed by atoms with Crippen LogP contribution in [0.15, 0.2) is 54.6 Å². The van der Waals surface area contributed by atoms with Crippen molar-refractivity contribution in [3.05, 3.63) is 63.7 Å². The highest BCUT2D eigenvalue weighted by atomic mass is 127. The Balaban J connectivity index is 1.50. The summed E-state index contributed by atoms with van der Waals surface area (Å²) >= 11 is 2.24. The number of carbonyl (C=O) groups is 1. The molecular formula is C18H20IN3O. The number of carbonyl (C=O) groups excluding carboxylic acids is 1. The van der Waals surface area contributed by atoms with Gasteiger partial charge < -0.3 is 10.2 Å². The van der Waals surface area contributed by atoms with Crippen molar-refractivity contribution < 1.29 is 4.79 Å². The average Bonchev–Trinajstić information content (AvgIpc) is 2.58. The number of hydrogen-bond acceptors (Lipinski definition) is 2. The molecule has 0 radical (unpaired) electrons. The van der Waals surface area contributed by atoms with E-state index in [0.717, 1.165) is 42.0 Å². The lowest BCUT2D eigenvalue weighted by Gasteiger charge is -2.34. The molecule has 0 bridgehead atoms. The summed E-state index contributed by atoms with van der Waals surface area (Å²) in [6.07, 6.45) is 0. The van der Waals surface area contributed by atoms with Gasteiger partial charge in [-0.1, -0.05) is 42.5 Å². The first-order valence-corrected chi connectivity index (χ1v) is 8.87. The molecule has 1 aliphatic rings. The van der Waals surface area contributed by atoms with Gasteiger partial charge in [0.15, 0.2) is 0 Å². The van der Waals surface area contributed by atoms with Gasteiger partial charge in [-0.2, -0.15) is 0 Å². The molecular weight excluding hydrogens is 401 g/mol. The molecule has 1 heterocycles. The van der Waals surface area contributed by atoms with Gasteiger partial charge in [0.05, 0.1) is 5.69 Å². The van der Waals surface area contributed by atoms with Crippen LogP contribution in [0, 0.1) is 3.57 Å². The molecule has 0 unspecified atom stereocenters. The van der Waals surface area contributed by atoms with Gasteiger partial charge in [0.25, 0.3) is 0 Å². The minimum atomic E-state index is -0.00604. The predicted molar refractivity (Wildman–Crippen MR) is 101 cm³/mol. The maximum absolute atomic E-state index is 12.4. The number of benzene rings is 2. The highest BCUT2D eigenvalue weighted by Gasteiger charge is 2.21. The Kier molecular flexibility index (Phi) is 5.51. The number of anilines is 1. The van der Waals surface area contributed by atoms with Gasteiger partial charge in [-0.05, 0) is 40.3 Å². The fraction of sp³-hybridized carbons (Fsp3) is 0.278. The highest BCUT2D eigenvalue weighted by molar-refractivity contribution is 14.1. The Labute approximate surface area is 150 Å². The molecule has 2 aromatic carbocycles. The third-order valence-electron chi connectivity index (χ3n) is 4.02. The molecule has 2 aromatic rings. The van der Waals surface area contributed by atoms with E-state index < -0.39 is 0 Å². The fourth-order valence-electron chi connectivity index (χ4n) is 2.71. The first kappa shape index (κ1) is 16.3. The second-order valence-corrected chi connectivity index (χ2v) is 6.82. The first-order chi connectivity index (χ1) is 11.2. The van der Waals surface area contributed by atoms with E-state index in [1.165, 1.54) is 5.56 Å². The Bertz CT molecular complexity index is 654. The van der Waals surface area contributed by atoms with Crippen LogP contribution in [-0.2, 0) is 6.54 Å². The van der Waals surface area contributed by atoms with E-state index >= 15 is 0 Å². The maximum atomic E-state index is 12.4. The van der Waals surface area contributed by atoms with Crippen LogP contribution in [0.1, 0.15) is 5.56 Å². The van der Waals surface area contributed by atoms with Crippen molar-refractivity contribution in [2.45, 2.75) is 6.54 Å². The Morgan fingerprint density at radius 2 is 1.61 bits per heavy atom. The molecule has 1 saturated heterocycles. The lowest BCUT2D eigenvalue weighted by Crippen LogP contribution is -2.49. The van der Waals surface area contributed by atoms with Crippen LogP contribution in [0.5, 0.6) is 0 Å². The number of para-hydroxylation sites is 1. The van der Waals surface area contributed by atoms with Crippen molar-refractivity contribution in [1.82, 2.24) is 9.80 Å². The molecule has 0 atom stereocenters. The number of halogens is 1. The zero-order valence-electron chi connectivity index (χ0n) is 12.9. The average molecular weight is 421 g/mol. The van der Waals surface area contributed by atoms with E-state index in [1.54, 1.807) is 0 Å². The summed E-state index contributed by atoms with van der Waals surface area (Å²) < 4.78 is 1.06. The Morgan fingerprint density at radius 3 is 2.30 bits per heavy atom. The van der Waals surface area contributed by atoms with Crippen molar-refractivity contribution >= 4 is 34.3 Å². The van der Waals surface area contributed by atoms with Crippen LogP contribution in [0.3, 0.4) is 0 Å². The third kappa shape index (κ3) is 4.45. The van der Waals surface area contributed by atoms with Crippen LogP contribution >= 0.6 is 22.6 Å². The van der Waals surface area contributed by atoms with E-state index in [1.807, 2.05) is 35.2 Å². The summed E-state index contributed by atoms with van der Waals surface area (Å²) in [5.41, 5.74) is 2.20. The monoisotopic (exact) mass is 421 g/mol. The number of piperazine rings is 1. The number of nitrogens with zero attached hydrogens (tertiary/aromatic N) is 2. The van der Waals surface area contributed by atoms with Crippen LogP contribution in [0.25, 0.3) is 0 Å². The smallest absolute Gasteiger partial charge is 0.321 e. The molecule has 0 aromatic heterocycles. The van der Waals surface area contributed by atoms with Crippen molar-refractivity contribution in [1.29, 1.82) is 0 Å². The van der Waals surface area contributed by atoms with Crippen molar-refractivity contribution in [3.63, 3.8) is 0 Å². The largest absolute Gasteiger partial charge is 0.322 e. The van der Waals surface area contributed by atoms with Gasteiger partial charge in [-0.15, -0.1) is 0 Å². The number of nitrogens with one attached hydrogen (secondary N) is 1. The molecule has 0 aliphatic carbocycles. The Hall–Kier alpha value is -1.60. The zero-order valence-corrected chi connectivity index (χ0v) is 15.1. The molecule has 2 amide bonds. The molecule has 0 spiro atoms. The topological polar surface area (TPSA) is 35.6 Å². The zero-order chi connectivity index (χ0) is 16.1. The summed E-state index contributed by atoms with van der Waals surface area (Å²) in [5, 5.41) is 3.01. The minimum absolute atomic E-state index is 0.00604. The lowest BCUT2D eigenvalue weighted by atomic mass is 10.2. The molecule has 1 N–H and O–H groups in total. The van der Waals surface area contributed by atoms with Crippen LogP contribution in [0.4, 0.5) is 10.5 Å². The Morgan fingerprint density at radius 1 is 0.957 bits per heavy atom.